The highest BCUT2D eigenvalue weighted by atomic mass is 16.7. The highest BCUT2D eigenvalue weighted by Crippen LogP contribution is 2.12. The van der Waals surface area contributed by atoms with Crippen molar-refractivity contribution < 1.29 is 19.0 Å². The maximum absolute atomic E-state index is 11.8. The van der Waals surface area contributed by atoms with E-state index in [9.17, 15) is 4.79 Å². The molecule has 5 nitrogen and oxygen atoms in total. The predicted octanol–water partition coefficient (Wildman–Crippen LogP) is 1.62. The summed E-state index contributed by atoms with van der Waals surface area (Å²) in [4.78, 5) is 13.4. The number of amides is 1. The molecule has 0 unspecified atom stereocenters. The third-order valence-corrected chi connectivity index (χ3v) is 2.09. The summed E-state index contributed by atoms with van der Waals surface area (Å²) >= 11 is 0. The lowest BCUT2D eigenvalue weighted by atomic mass is 10.2. The summed E-state index contributed by atoms with van der Waals surface area (Å²) < 4.78 is 15.9. The predicted molar refractivity (Wildman–Crippen MR) is 59.2 cm³/mol. The van der Waals surface area contributed by atoms with Crippen molar-refractivity contribution >= 4 is 6.09 Å². The van der Waals surface area contributed by atoms with Crippen molar-refractivity contribution in [3.63, 3.8) is 0 Å². The van der Waals surface area contributed by atoms with Gasteiger partial charge in [0, 0.05) is 6.54 Å². The maximum atomic E-state index is 11.8. The minimum absolute atomic E-state index is 0.313. The molecule has 1 fully saturated rings. The van der Waals surface area contributed by atoms with E-state index in [0.717, 1.165) is 0 Å². The molecule has 0 spiro atoms. The summed E-state index contributed by atoms with van der Waals surface area (Å²) in [5, 5.41) is 0. The van der Waals surface area contributed by atoms with E-state index in [-0.39, 0.29) is 12.4 Å². The largest absolute Gasteiger partial charge is 0.444 e. The van der Waals surface area contributed by atoms with Crippen LogP contribution >= 0.6 is 0 Å². The molecule has 5 heteroatoms. The highest BCUT2D eigenvalue weighted by molar-refractivity contribution is 5.68. The second-order valence-corrected chi connectivity index (χ2v) is 4.69. The minimum atomic E-state index is -0.470. The van der Waals surface area contributed by atoms with Crippen LogP contribution in [0, 0.1) is 0 Å². The molecule has 0 N–H and O–H groups in total. The molecule has 1 saturated heterocycles. The fourth-order valence-corrected chi connectivity index (χ4v) is 1.35. The Balaban J connectivity index is 2.43. The van der Waals surface area contributed by atoms with Crippen LogP contribution in [0.4, 0.5) is 4.79 Å². The molecule has 0 saturated carbocycles. The zero-order valence-corrected chi connectivity index (χ0v) is 10.5. The number of carbonyl (C=O) groups is 1. The molecule has 16 heavy (non-hydrogen) atoms. The molecule has 94 valence electrons. The SMILES string of the molecule is CCN(CC1OCCO1)C(=O)OC(C)(C)C. The third-order valence-electron chi connectivity index (χ3n) is 2.09. The Morgan fingerprint density at radius 1 is 1.38 bits per heavy atom. The number of carbonyl (C=O) groups excluding carboxylic acids is 1. The maximum Gasteiger partial charge on any atom is 0.410 e. The highest BCUT2D eigenvalue weighted by Gasteiger charge is 2.25. The van der Waals surface area contributed by atoms with Crippen molar-refractivity contribution in [2.75, 3.05) is 26.3 Å². The molecular weight excluding hydrogens is 210 g/mol. The van der Waals surface area contributed by atoms with Crippen molar-refractivity contribution in [1.82, 2.24) is 4.90 Å². The zero-order valence-electron chi connectivity index (χ0n) is 10.5. The van der Waals surface area contributed by atoms with Gasteiger partial charge in [-0.1, -0.05) is 0 Å². The second-order valence-electron chi connectivity index (χ2n) is 4.69. The van der Waals surface area contributed by atoms with Crippen LogP contribution in [-0.4, -0.2) is 49.2 Å². The number of nitrogens with zero attached hydrogens (tertiary/aromatic N) is 1. The zero-order chi connectivity index (χ0) is 12.2. The van der Waals surface area contributed by atoms with Gasteiger partial charge in [0.1, 0.15) is 5.60 Å². The van der Waals surface area contributed by atoms with Crippen LogP contribution in [0.15, 0.2) is 0 Å². The molecule has 0 aromatic heterocycles. The molecule has 1 aliphatic rings. The molecule has 0 radical (unpaired) electrons. The van der Waals surface area contributed by atoms with Gasteiger partial charge in [0.15, 0.2) is 6.29 Å². The lowest BCUT2D eigenvalue weighted by molar-refractivity contribution is -0.0644. The van der Waals surface area contributed by atoms with Crippen LogP contribution < -0.4 is 0 Å². The van der Waals surface area contributed by atoms with Crippen molar-refractivity contribution in [2.45, 2.75) is 39.6 Å². The molecule has 0 aromatic carbocycles. The van der Waals surface area contributed by atoms with Gasteiger partial charge in [-0.25, -0.2) is 4.79 Å². The van der Waals surface area contributed by atoms with E-state index in [4.69, 9.17) is 14.2 Å². The van der Waals surface area contributed by atoms with Gasteiger partial charge >= 0.3 is 6.09 Å². The minimum Gasteiger partial charge on any atom is -0.444 e. The number of hydrogen-bond donors (Lipinski definition) is 0. The van der Waals surface area contributed by atoms with Gasteiger partial charge in [0.2, 0.25) is 0 Å². The van der Waals surface area contributed by atoms with Gasteiger partial charge in [0.25, 0.3) is 0 Å². The first-order valence-electron chi connectivity index (χ1n) is 5.63. The van der Waals surface area contributed by atoms with Gasteiger partial charge in [0.05, 0.1) is 19.8 Å². The number of hydrogen-bond acceptors (Lipinski definition) is 4. The molecule has 0 atom stereocenters. The Bertz CT molecular complexity index is 231. The van der Waals surface area contributed by atoms with Crippen LogP contribution in [0.5, 0.6) is 0 Å². The van der Waals surface area contributed by atoms with Crippen molar-refractivity contribution in [3.8, 4) is 0 Å². The van der Waals surface area contributed by atoms with Crippen LogP contribution in [-0.2, 0) is 14.2 Å². The van der Waals surface area contributed by atoms with E-state index in [1.807, 2.05) is 27.7 Å². The van der Waals surface area contributed by atoms with E-state index >= 15 is 0 Å². The summed E-state index contributed by atoms with van der Waals surface area (Å²) in [7, 11) is 0. The van der Waals surface area contributed by atoms with Gasteiger partial charge in [-0.05, 0) is 27.7 Å². The van der Waals surface area contributed by atoms with E-state index < -0.39 is 5.60 Å². The van der Waals surface area contributed by atoms with E-state index in [0.29, 0.717) is 26.3 Å². The molecule has 1 aliphatic heterocycles. The summed E-state index contributed by atoms with van der Waals surface area (Å²) in [6.45, 7) is 9.64. The van der Waals surface area contributed by atoms with Gasteiger partial charge in [-0.3, -0.25) is 0 Å². The Labute approximate surface area is 96.6 Å². The molecule has 0 bridgehead atoms. The fraction of sp³-hybridized carbons (Fsp3) is 0.909. The Hall–Kier alpha value is -0.810. The second kappa shape index (κ2) is 5.50. The topological polar surface area (TPSA) is 48.0 Å². The number of ether oxygens (including phenoxy) is 3. The summed E-state index contributed by atoms with van der Waals surface area (Å²) in [6, 6.07) is 0. The molecule has 0 aliphatic carbocycles. The Morgan fingerprint density at radius 2 is 1.94 bits per heavy atom. The summed E-state index contributed by atoms with van der Waals surface area (Å²) in [5.74, 6) is 0. The molecule has 1 rings (SSSR count). The van der Waals surface area contributed by atoms with Crippen molar-refractivity contribution in [1.29, 1.82) is 0 Å². The molecule has 0 aromatic rings. The van der Waals surface area contributed by atoms with Crippen molar-refractivity contribution in [2.24, 2.45) is 0 Å². The molecular formula is C11H21NO4. The first kappa shape index (κ1) is 13.3. The normalized spacial score (nSPS) is 17.5. The first-order chi connectivity index (χ1) is 7.42. The van der Waals surface area contributed by atoms with Crippen LogP contribution in [0.2, 0.25) is 0 Å². The first-order valence-corrected chi connectivity index (χ1v) is 5.63. The third kappa shape index (κ3) is 4.37. The van der Waals surface area contributed by atoms with E-state index in [1.54, 1.807) is 4.90 Å². The quantitative estimate of drug-likeness (QED) is 0.740. The lowest BCUT2D eigenvalue weighted by Gasteiger charge is -2.27. The van der Waals surface area contributed by atoms with E-state index in [2.05, 4.69) is 0 Å². The Kier molecular flexibility index (Phi) is 4.56. The molecule has 1 heterocycles. The van der Waals surface area contributed by atoms with Crippen LogP contribution in [0.3, 0.4) is 0 Å². The fourth-order valence-electron chi connectivity index (χ4n) is 1.35. The Morgan fingerprint density at radius 3 is 2.38 bits per heavy atom. The van der Waals surface area contributed by atoms with E-state index in [1.165, 1.54) is 0 Å². The van der Waals surface area contributed by atoms with Crippen LogP contribution in [0.25, 0.3) is 0 Å². The van der Waals surface area contributed by atoms with Gasteiger partial charge in [-0.2, -0.15) is 0 Å². The monoisotopic (exact) mass is 231 g/mol. The number of likely N-dealkylation sites (N-methyl/N-ethyl adjacent to an activating group) is 1. The summed E-state index contributed by atoms with van der Waals surface area (Å²) in [6.07, 6.45) is -0.637. The van der Waals surface area contributed by atoms with Gasteiger partial charge in [-0.15, -0.1) is 0 Å². The van der Waals surface area contributed by atoms with Crippen molar-refractivity contribution in [3.05, 3.63) is 0 Å². The lowest BCUT2D eigenvalue weighted by Crippen LogP contribution is -2.41. The van der Waals surface area contributed by atoms with Gasteiger partial charge < -0.3 is 19.1 Å². The molecule has 1 amide bonds. The van der Waals surface area contributed by atoms with Crippen LogP contribution in [0.1, 0.15) is 27.7 Å². The average molecular weight is 231 g/mol. The number of rotatable bonds is 3. The standard InChI is InChI=1S/C11H21NO4/c1-5-12(8-9-14-6-7-15-9)10(13)16-11(2,3)4/h9H,5-8H2,1-4H3. The smallest absolute Gasteiger partial charge is 0.410 e. The average Bonchev–Trinajstić information content (AvgIpc) is 2.63. The summed E-state index contributed by atoms with van der Waals surface area (Å²) in [5.41, 5.74) is -0.470.